The first kappa shape index (κ1) is 17.5. The number of ether oxygens (including phenoxy) is 1. The normalized spacial score (nSPS) is 18.9. The lowest BCUT2D eigenvalue weighted by atomic mass is 9.90. The number of nitrogens with zero attached hydrogens (tertiary/aromatic N) is 1. The van der Waals surface area contributed by atoms with Gasteiger partial charge in [0.05, 0.1) is 6.61 Å². The predicted molar refractivity (Wildman–Crippen MR) is 87.0 cm³/mol. The number of benzene rings is 1. The Morgan fingerprint density at radius 2 is 1.87 bits per heavy atom. The molecular weight excluding hydrogens is 294 g/mol. The molecule has 0 spiro atoms. The van der Waals surface area contributed by atoms with Crippen LogP contribution in [0.25, 0.3) is 0 Å². The summed E-state index contributed by atoms with van der Waals surface area (Å²) in [5.74, 6) is -0.00714. The van der Waals surface area contributed by atoms with E-state index in [0.29, 0.717) is 25.9 Å². The zero-order valence-corrected chi connectivity index (χ0v) is 14.0. The van der Waals surface area contributed by atoms with Crippen LogP contribution in [0.1, 0.15) is 38.3 Å². The maximum atomic E-state index is 12.2. The van der Waals surface area contributed by atoms with Gasteiger partial charge in [-0.2, -0.15) is 0 Å². The van der Waals surface area contributed by atoms with Crippen LogP contribution in [-0.4, -0.2) is 40.6 Å². The molecule has 1 saturated heterocycles. The van der Waals surface area contributed by atoms with E-state index in [0.717, 1.165) is 11.1 Å². The van der Waals surface area contributed by atoms with Crippen molar-refractivity contribution in [1.82, 2.24) is 4.90 Å². The molecule has 0 aromatic heterocycles. The molecule has 1 unspecified atom stereocenters. The van der Waals surface area contributed by atoms with Gasteiger partial charge in [-0.05, 0) is 38.3 Å². The Morgan fingerprint density at radius 3 is 2.43 bits per heavy atom. The highest BCUT2D eigenvalue weighted by Gasteiger charge is 2.32. The number of likely N-dealkylation sites (tertiary alicyclic amines) is 1. The minimum atomic E-state index is -0.534. The highest BCUT2D eigenvalue weighted by Crippen LogP contribution is 2.20. The van der Waals surface area contributed by atoms with E-state index >= 15 is 0 Å². The van der Waals surface area contributed by atoms with E-state index in [1.54, 1.807) is 4.90 Å². The minimum absolute atomic E-state index is 0.00899. The number of rotatable bonds is 3. The summed E-state index contributed by atoms with van der Waals surface area (Å²) in [6.45, 7) is 6.33. The second kappa shape index (κ2) is 7.13. The molecule has 5 heteroatoms. The number of aliphatic hydroxyl groups is 1. The molecule has 0 radical (unpaired) electrons. The van der Waals surface area contributed by atoms with Crippen LogP contribution in [0.3, 0.4) is 0 Å². The van der Waals surface area contributed by atoms with Crippen molar-refractivity contribution in [2.75, 3.05) is 13.1 Å². The average molecular weight is 319 g/mol. The molecule has 126 valence electrons. The number of Topliss-reactive ketones (excluding diaryl/α,β-unsaturated/α-hetero) is 1. The van der Waals surface area contributed by atoms with E-state index in [1.807, 2.05) is 45.0 Å². The molecule has 2 rings (SSSR count). The van der Waals surface area contributed by atoms with E-state index < -0.39 is 5.60 Å². The maximum Gasteiger partial charge on any atom is 0.410 e. The third kappa shape index (κ3) is 5.06. The molecule has 1 aromatic carbocycles. The van der Waals surface area contributed by atoms with Gasteiger partial charge in [0.2, 0.25) is 0 Å². The van der Waals surface area contributed by atoms with Gasteiger partial charge in [-0.25, -0.2) is 4.79 Å². The smallest absolute Gasteiger partial charge is 0.410 e. The van der Waals surface area contributed by atoms with Gasteiger partial charge in [-0.1, -0.05) is 24.3 Å². The third-order valence-electron chi connectivity index (χ3n) is 3.86. The molecule has 1 fully saturated rings. The molecule has 1 aliphatic heterocycles. The number of carbonyl (C=O) groups is 2. The SMILES string of the molecule is CC(C)(C)OC(=O)N1CCC(=O)C(Cc2ccc(CO)cc2)C1. The van der Waals surface area contributed by atoms with Crippen LogP contribution in [0.15, 0.2) is 24.3 Å². The van der Waals surface area contributed by atoms with Gasteiger partial charge in [0, 0.05) is 25.4 Å². The van der Waals surface area contributed by atoms with Crippen molar-refractivity contribution < 1.29 is 19.4 Å². The third-order valence-corrected chi connectivity index (χ3v) is 3.86. The molecular formula is C18H25NO4. The average Bonchev–Trinajstić information content (AvgIpc) is 2.48. The van der Waals surface area contributed by atoms with Crippen molar-refractivity contribution in [1.29, 1.82) is 0 Å². The molecule has 23 heavy (non-hydrogen) atoms. The van der Waals surface area contributed by atoms with Gasteiger partial charge in [0.25, 0.3) is 0 Å². The Kier molecular flexibility index (Phi) is 5.42. The standard InChI is InChI=1S/C18H25NO4/c1-18(2,3)23-17(22)19-9-8-16(21)15(11-19)10-13-4-6-14(12-20)7-5-13/h4-7,15,20H,8-12H2,1-3H3. The fraction of sp³-hybridized carbons (Fsp3) is 0.556. The lowest BCUT2D eigenvalue weighted by Crippen LogP contribution is -2.46. The van der Waals surface area contributed by atoms with Gasteiger partial charge >= 0.3 is 6.09 Å². The molecule has 0 aliphatic carbocycles. The molecule has 5 nitrogen and oxygen atoms in total. The van der Waals surface area contributed by atoms with Crippen LogP contribution in [0.5, 0.6) is 0 Å². The number of aliphatic hydroxyl groups excluding tert-OH is 1. The van der Waals surface area contributed by atoms with Crippen molar-refractivity contribution in [3.8, 4) is 0 Å². The summed E-state index contributed by atoms with van der Waals surface area (Å²) >= 11 is 0. The fourth-order valence-corrected chi connectivity index (χ4v) is 2.64. The summed E-state index contributed by atoms with van der Waals surface area (Å²) in [5, 5.41) is 9.07. The number of hydrogen-bond acceptors (Lipinski definition) is 4. The number of amides is 1. The summed E-state index contributed by atoms with van der Waals surface area (Å²) in [5.41, 5.74) is 1.35. The van der Waals surface area contributed by atoms with Gasteiger partial charge in [-0.3, -0.25) is 4.79 Å². The maximum absolute atomic E-state index is 12.2. The van der Waals surface area contributed by atoms with Crippen LogP contribution >= 0.6 is 0 Å². The minimum Gasteiger partial charge on any atom is -0.444 e. The lowest BCUT2D eigenvalue weighted by molar-refractivity contribution is -0.125. The van der Waals surface area contributed by atoms with Crippen molar-refractivity contribution in [2.24, 2.45) is 5.92 Å². The molecule has 1 amide bonds. The summed E-state index contributed by atoms with van der Waals surface area (Å²) in [6.07, 6.45) is 0.619. The topological polar surface area (TPSA) is 66.8 Å². The van der Waals surface area contributed by atoms with Gasteiger partial charge in [-0.15, -0.1) is 0 Å². The largest absolute Gasteiger partial charge is 0.444 e. The molecule has 1 N–H and O–H groups in total. The molecule has 1 aromatic rings. The van der Waals surface area contributed by atoms with E-state index in [1.165, 1.54) is 0 Å². The zero-order valence-electron chi connectivity index (χ0n) is 14.0. The summed E-state index contributed by atoms with van der Waals surface area (Å²) in [6, 6.07) is 7.55. The Morgan fingerprint density at radius 1 is 1.26 bits per heavy atom. The number of ketones is 1. The quantitative estimate of drug-likeness (QED) is 0.930. The van der Waals surface area contributed by atoms with Crippen LogP contribution in [0.2, 0.25) is 0 Å². The molecule has 0 bridgehead atoms. The first-order valence-corrected chi connectivity index (χ1v) is 7.98. The number of carbonyl (C=O) groups excluding carboxylic acids is 2. The van der Waals surface area contributed by atoms with E-state index in [4.69, 9.17) is 9.84 Å². The van der Waals surface area contributed by atoms with Gasteiger partial charge in [0.1, 0.15) is 11.4 Å². The monoisotopic (exact) mass is 319 g/mol. The first-order chi connectivity index (χ1) is 10.8. The highest BCUT2D eigenvalue weighted by atomic mass is 16.6. The second-order valence-corrected chi connectivity index (χ2v) is 7.02. The number of hydrogen-bond donors (Lipinski definition) is 1. The van der Waals surface area contributed by atoms with Crippen LogP contribution in [-0.2, 0) is 22.6 Å². The Balaban J connectivity index is 2.00. The van der Waals surface area contributed by atoms with Crippen molar-refractivity contribution in [2.45, 2.75) is 45.8 Å². The molecule has 1 heterocycles. The van der Waals surface area contributed by atoms with Crippen molar-refractivity contribution >= 4 is 11.9 Å². The molecule has 1 atom stereocenters. The Hall–Kier alpha value is -1.88. The van der Waals surface area contributed by atoms with E-state index in [2.05, 4.69) is 0 Å². The van der Waals surface area contributed by atoms with Gasteiger partial charge < -0.3 is 14.7 Å². The van der Waals surface area contributed by atoms with E-state index in [-0.39, 0.29) is 24.4 Å². The predicted octanol–water partition coefficient (Wildman–Crippen LogP) is 2.55. The second-order valence-electron chi connectivity index (χ2n) is 7.02. The molecule has 0 saturated carbocycles. The van der Waals surface area contributed by atoms with Crippen molar-refractivity contribution in [3.05, 3.63) is 35.4 Å². The summed E-state index contributed by atoms with van der Waals surface area (Å²) in [7, 11) is 0. The zero-order chi connectivity index (χ0) is 17.0. The number of piperidine rings is 1. The lowest BCUT2D eigenvalue weighted by Gasteiger charge is -2.33. The summed E-state index contributed by atoms with van der Waals surface area (Å²) < 4.78 is 5.39. The first-order valence-electron chi connectivity index (χ1n) is 7.98. The van der Waals surface area contributed by atoms with Crippen LogP contribution in [0, 0.1) is 5.92 Å². The van der Waals surface area contributed by atoms with Gasteiger partial charge in [0.15, 0.2) is 0 Å². The highest BCUT2D eigenvalue weighted by molar-refractivity contribution is 5.84. The Labute approximate surface area is 137 Å². The van der Waals surface area contributed by atoms with E-state index in [9.17, 15) is 9.59 Å². The van der Waals surface area contributed by atoms with Crippen LogP contribution < -0.4 is 0 Å². The van der Waals surface area contributed by atoms with Crippen LogP contribution in [0.4, 0.5) is 4.79 Å². The molecule has 1 aliphatic rings. The summed E-state index contributed by atoms with van der Waals surface area (Å²) in [4.78, 5) is 25.9. The van der Waals surface area contributed by atoms with Crippen molar-refractivity contribution in [3.63, 3.8) is 0 Å². The Bertz CT molecular complexity index is 559. The fourth-order valence-electron chi connectivity index (χ4n) is 2.64.